The Bertz CT molecular complexity index is 695. The van der Waals surface area contributed by atoms with Gasteiger partial charge < -0.3 is 9.67 Å². The van der Waals surface area contributed by atoms with Gasteiger partial charge in [-0.3, -0.25) is 0 Å². The number of aromatic nitrogens is 1. The second-order valence-electron chi connectivity index (χ2n) is 4.93. The van der Waals surface area contributed by atoms with Crippen molar-refractivity contribution in [3.8, 4) is 0 Å². The maximum absolute atomic E-state index is 9.05. The molecule has 2 aromatic carbocycles. The molecule has 0 amide bonds. The predicted molar refractivity (Wildman–Crippen MR) is 78.1 cm³/mol. The average molecular weight is 251 g/mol. The molecule has 0 fully saturated rings. The van der Waals surface area contributed by atoms with Crippen molar-refractivity contribution >= 4 is 10.9 Å². The summed E-state index contributed by atoms with van der Waals surface area (Å²) in [5.74, 6) is 0. The van der Waals surface area contributed by atoms with Crippen LogP contribution in [0, 0.1) is 6.92 Å². The summed E-state index contributed by atoms with van der Waals surface area (Å²) in [5, 5.41) is 10.4. The summed E-state index contributed by atoms with van der Waals surface area (Å²) in [6.45, 7) is 3.10. The van der Waals surface area contributed by atoms with Crippen LogP contribution in [0.25, 0.3) is 10.9 Å². The zero-order chi connectivity index (χ0) is 13.2. The Morgan fingerprint density at radius 2 is 1.68 bits per heavy atom. The van der Waals surface area contributed by atoms with Gasteiger partial charge in [0.05, 0.1) is 6.61 Å². The van der Waals surface area contributed by atoms with Crippen LogP contribution < -0.4 is 0 Å². The van der Waals surface area contributed by atoms with E-state index in [4.69, 9.17) is 5.11 Å². The topological polar surface area (TPSA) is 25.2 Å². The van der Waals surface area contributed by atoms with Crippen LogP contribution >= 0.6 is 0 Å². The highest BCUT2D eigenvalue weighted by Gasteiger charge is 2.03. The van der Waals surface area contributed by atoms with E-state index in [0.29, 0.717) is 0 Å². The molecule has 0 unspecified atom stereocenters. The first kappa shape index (κ1) is 12.0. The summed E-state index contributed by atoms with van der Waals surface area (Å²) >= 11 is 0. The molecule has 1 heterocycles. The Kier molecular flexibility index (Phi) is 3.10. The van der Waals surface area contributed by atoms with Gasteiger partial charge in [-0.05, 0) is 35.7 Å². The first-order valence-electron chi connectivity index (χ1n) is 6.51. The minimum Gasteiger partial charge on any atom is -0.392 e. The van der Waals surface area contributed by atoms with Crippen LogP contribution in [-0.2, 0) is 13.2 Å². The highest BCUT2D eigenvalue weighted by atomic mass is 16.3. The Labute approximate surface area is 112 Å². The number of nitrogens with zero attached hydrogens (tertiary/aromatic N) is 1. The molecule has 0 atom stereocenters. The first-order chi connectivity index (χ1) is 9.28. The van der Waals surface area contributed by atoms with E-state index in [1.807, 2.05) is 12.1 Å². The van der Waals surface area contributed by atoms with E-state index >= 15 is 0 Å². The van der Waals surface area contributed by atoms with Crippen LogP contribution in [-0.4, -0.2) is 9.67 Å². The highest BCUT2D eigenvalue weighted by Crippen LogP contribution is 2.20. The SMILES string of the molecule is Cc1cccc2c1ccn2Cc1ccc(CO)cc1. The molecule has 3 rings (SSSR count). The fourth-order valence-electron chi connectivity index (χ4n) is 2.46. The summed E-state index contributed by atoms with van der Waals surface area (Å²) in [6.07, 6.45) is 2.14. The van der Waals surface area contributed by atoms with Crippen molar-refractivity contribution in [2.24, 2.45) is 0 Å². The zero-order valence-electron chi connectivity index (χ0n) is 11.0. The van der Waals surface area contributed by atoms with Gasteiger partial charge in [0.1, 0.15) is 0 Å². The zero-order valence-corrected chi connectivity index (χ0v) is 11.0. The molecule has 0 bridgehead atoms. The van der Waals surface area contributed by atoms with E-state index in [1.54, 1.807) is 0 Å². The molecule has 3 aromatic rings. The van der Waals surface area contributed by atoms with Gasteiger partial charge in [-0.15, -0.1) is 0 Å². The van der Waals surface area contributed by atoms with Crippen LogP contribution in [0.4, 0.5) is 0 Å². The molecule has 0 aliphatic heterocycles. The molecule has 19 heavy (non-hydrogen) atoms. The Morgan fingerprint density at radius 1 is 0.947 bits per heavy atom. The summed E-state index contributed by atoms with van der Waals surface area (Å²) in [4.78, 5) is 0. The van der Waals surface area contributed by atoms with Gasteiger partial charge in [0.2, 0.25) is 0 Å². The van der Waals surface area contributed by atoms with Gasteiger partial charge in [0.25, 0.3) is 0 Å². The lowest BCUT2D eigenvalue weighted by Crippen LogP contribution is -1.98. The third kappa shape index (κ3) is 2.27. The fourth-order valence-corrected chi connectivity index (χ4v) is 2.46. The average Bonchev–Trinajstić information content (AvgIpc) is 2.84. The van der Waals surface area contributed by atoms with Gasteiger partial charge in [-0.1, -0.05) is 36.4 Å². The summed E-state index contributed by atoms with van der Waals surface area (Å²) in [5.41, 5.74) is 4.78. The minimum atomic E-state index is 0.103. The number of hydrogen-bond donors (Lipinski definition) is 1. The van der Waals surface area contributed by atoms with Crippen LogP contribution in [0.3, 0.4) is 0 Å². The molecule has 1 N–H and O–H groups in total. The monoisotopic (exact) mass is 251 g/mol. The molecule has 0 saturated heterocycles. The molecular formula is C17H17NO. The van der Waals surface area contributed by atoms with Gasteiger partial charge >= 0.3 is 0 Å². The maximum Gasteiger partial charge on any atom is 0.0681 e. The second-order valence-corrected chi connectivity index (χ2v) is 4.93. The summed E-state index contributed by atoms with van der Waals surface area (Å²) < 4.78 is 2.26. The molecular weight excluding hydrogens is 234 g/mol. The smallest absolute Gasteiger partial charge is 0.0681 e. The number of fused-ring (bicyclic) bond motifs is 1. The van der Waals surface area contributed by atoms with Crippen LogP contribution in [0.5, 0.6) is 0 Å². The number of benzene rings is 2. The predicted octanol–water partition coefficient (Wildman–Crippen LogP) is 3.49. The van der Waals surface area contributed by atoms with E-state index in [2.05, 4.69) is 54.1 Å². The van der Waals surface area contributed by atoms with E-state index in [-0.39, 0.29) is 6.61 Å². The van der Waals surface area contributed by atoms with Crippen molar-refractivity contribution in [2.75, 3.05) is 0 Å². The van der Waals surface area contributed by atoms with Crippen LogP contribution in [0.2, 0.25) is 0 Å². The Morgan fingerprint density at radius 3 is 2.42 bits per heavy atom. The molecule has 0 spiro atoms. The van der Waals surface area contributed by atoms with Gasteiger partial charge in [-0.2, -0.15) is 0 Å². The lowest BCUT2D eigenvalue weighted by Gasteiger charge is -2.07. The maximum atomic E-state index is 9.05. The highest BCUT2D eigenvalue weighted by molar-refractivity contribution is 5.83. The normalized spacial score (nSPS) is 11.1. The molecule has 2 heteroatoms. The first-order valence-corrected chi connectivity index (χ1v) is 6.51. The van der Waals surface area contributed by atoms with E-state index in [1.165, 1.54) is 22.0 Å². The lowest BCUT2D eigenvalue weighted by molar-refractivity contribution is 0.282. The Hall–Kier alpha value is -2.06. The van der Waals surface area contributed by atoms with Crippen LogP contribution in [0.1, 0.15) is 16.7 Å². The fraction of sp³-hybridized carbons (Fsp3) is 0.176. The van der Waals surface area contributed by atoms with Crippen molar-refractivity contribution in [1.29, 1.82) is 0 Å². The number of rotatable bonds is 3. The van der Waals surface area contributed by atoms with Gasteiger partial charge in [-0.25, -0.2) is 0 Å². The molecule has 2 nitrogen and oxygen atoms in total. The molecule has 96 valence electrons. The lowest BCUT2D eigenvalue weighted by atomic mass is 10.1. The third-order valence-corrected chi connectivity index (χ3v) is 3.59. The quantitative estimate of drug-likeness (QED) is 0.757. The molecule has 0 aliphatic rings. The van der Waals surface area contributed by atoms with Crippen molar-refractivity contribution in [3.05, 3.63) is 71.4 Å². The number of hydrogen-bond acceptors (Lipinski definition) is 1. The summed E-state index contributed by atoms with van der Waals surface area (Å²) in [7, 11) is 0. The molecule has 0 saturated carbocycles. The van der Waals surface area contributed by atoms with E-state index in [9.17, 15) is 0 Å². The largest absolute Gasteiger partial charge is 0.392 e. The molecule has 0 radical (unpaired) electrons. The number of aryl methyl sites for hydroxylation is 1. The standard InChI is InChI=1S/C17H17NO/c1-13-3-2-4-17-16(13)9-10-18(17)11-14-5-7-15(12-19)8-6-14/h2-10,19H,11-12H2,1H3. The van der Waals surface area contributed by atoms with Crippen molar-refractivity contribution < 1.29 is 5.11 Å². The molecule has 0 aliphatic carbocycles. The molecule has 1 aromatic heterocycles. The van der Waals surface area contributed by atoms with Gasteiger partial charge in [0, 0.05) is 23.6 Å². The van der Waals surface area contributed by atoms with Crippen molar-refractivity contribution in [3.63, 3.8) is 0 Å². The van der Waals surface area contributed by atoms with Crippen molar-refractivity contribution in [2.45, 2.75) is 20.1 Å². The van der Waals surface area contributed by atoms with Crippen molar-refractivity contribution in [1.82, 2.24) is 4.57 Å². The second kappa shape index (κ2) is 4.90. The van der Waals surface area contributed by atoms with Crippen LogP contribution in [0.15, 0.2) is 54.7 Å². The van der Waals surface area contributed by atoms with E-state index < -0.39 is 0 Å². The third-order valence-electron chi connectivity index (χ3n) is 3.59. The van der Waals surface area contributed by atoms with Gasteiger partial charge in [0.15, 0.2) is 0 Å². The Balaban J connectivity index is 1.94. The minimum absolute atomic E-state index is 0.103. The number of aliphatic hydroxyl groups excluding tert-OH is 1. The van der Waals surface area contributed by atoms with E-state index in [0.717, 1.165) is 12.1 Å². The summed E-state index contributed by atoms with van der Waals surface area (Å²) in [6, 6.07) is 16.7. The number of aliphatic hydroxyl groups is 1.